The zero-order valence-corrected chi connectivity index (χ0v) is 23.4. The van der Waals surface area contributed by atoms with Gasteiger partial charge in [0.15, 0.2) is 0 Å². The van der Waals surface area contributed by atoms with Gasteiger partial charge in [-0.05, 0) is 79.1 Å². The van der Waals surface area contributed by atoms with Crippen LogP contribution in [0, 0.1) is 0 Å². The molecule has 4 aromatic heterocycles. The Morgan fingerprint density at radius 3 is 2.76 bits per heavy atom. The number of hydrogen-bond donors (Lipinski definition) is 3. The smallest absolute Gasteiger partial charge is 0.412 e. The second-order valence-electron chi connectivity index (χ2n) is 10.5. The van der Waals surface area contributed by atoms with Crippen LogP contribution in [0.5, 0.6) is 0 Å². The number of benzene rings is 1. The van der Waals surface area contributed by atoms with Gasteiger partial charge in [-0.2, -0.15) is 4.68 Å². The van der Waals surface area contributed by atoms with Gasteiger partial charge in [-0.25, -0.2) is 14.8 Å². The van der Waals surface area contributed by atoms with E-state index in [1.54, 1.807) is 61.1 Å². The number of nitrogens with zero attached hydrogens (tertiary/aromatic N) is 7. The van der Waals surface area contributed by atoms with Gasteiger partial charge < -0.3 is 19.4 Å². The normalized spacial score (nSPS) is 14.5. The lowest BCUT2D eigenvalue weighted by molar-refractivity contribution is 0.0107. The van der Waals surface area contributed by atoms with Crippen molar-refractivity contribution in [2.45, 2.75) is 38.3 Å². The zero-order valence-electron chi connectivity index (χ0n) is 22.7. The number of anilines is 1. The first kappa shape index (κ1) is 27.3. The Morgan fingerprint density at radius 1 is 1.17 bits per heavy atom. The molecule has 0 unspecified atom stereocenters. The van der Waals surface area contributed by atoms with Gasteiger partial charge in [0.2, 0.25) is 0 Å². The lowest BCUT2D eigenvalue weighted by Crippen LogP contribution is -2.29. The number of ether oxygens (including phenoxy) is 1. The molecule has 1 aromatic carbocycles. The summed E-state index contributed by atoms with van der Waals surface area (Å²) in [7, 11) is 0. The van der Waals surface area contributed by atoms with E-state index in [1.165, 1.54) is 11.0 Å². The van der Waals surface area contributed by atoms with Crippen molar-refractivity contribution < 1.29 is 14.6 Å². The van der Waals surface area contributed by atoms with Crippen molar-refractivity contribution in [3.63, 3.8) is 0 Å². The number of hydrogen-bond acceptors (Lipinski definition) is 9. The first-order valence-electron chi connectivity index (χ1n) is 13.1. The molecule has 1 aliphatic heterocycles. The molecular weight excluding hydrogens is 562 g/mol. The molecule has 1 aliphatic rings. The summed E-state index contributed by atoms with van der Waals surface area (Å²) in [5.41, 5.74) is 3.25. The summed E-state index contributed by atoms with van der Waals surface area (Å²) in [6.07, 6.45) is 5.46. The van der Waals surface area contributed by atoms with Crippen LogP contribution in [0.15, 0.2) is 66.0 Å². The summed E-state index contributed by atoms with van der Waals surface area (Å²) in [4.78, 5) is 37.5. The largest absolute Gasteiger partial charge is 0.446 e. The molecule has 0 saturated carbocycles. The van der Waals surface area contributed by atoms with E-state index >= 15 is 0 Å². The topological polar surface area (TPSA) is 166 Å². The lowest BCUT2D eigenvalue weighted by atomic mass is 10.0. The number of nitrogens with one attached hydrogen (secondary N) is 2. The van der Waals surface area contributed by atoms with Crippen LogP contribution in [0.4, 0.5) is 10.6 Å². The lowest BCUT2D eigenvalue weighted by Gasteiger charge is -2.16. The predicted molar refractivity (Wildman–Crippen MR) is 153 cm³/mol. The molecule has 214 valence electrons. The number of aromatic amines is 1. The van der Waals surface area contributed by atoms with E-state index in [0.29, 0.717) is 35.2 Å². The van der Waals surface area contributed by atoms with Crippen molar-refractivity contribution in [3.05, 3.63) is 88.1 Å². The number of pyridine rings is 2. The SMILES string of the molecule is CC(C)(O)COC(=O)Nc1ccc(-c2cnc([C@@H]3CCc4cc(-c5cc(Cl)ccc5-n5cnnn5)cc(=O)n43)[nH]2)cn1. The molecule has 0 bridgehead atoms. The maximum absolute atomic E-state index is 13.4. The van der Waals surface area contributed by atoms with Gasteiger partial charge in [-0.15, -0.1) is 5.10 Å². The molecule has 13 nitrogen and oxygen atoms in total. The number of aliphatic hydroxyl groups is 1. The molecule has 14 heteroatoms. The Labute approximate surface area is 244 Å². The fraction of sp³-hybridized carbons (Fsp3) is 0.250. The minimum Gasteiger partial charge on any atom is -0.446 e. The molecule has 5 aromatic rings. The average Bonchev–Trinajstić information content (AvgIpc) is 3.73. The number of rotatable bonds is 7. The summed E-state index contributed by atoms with van der Waals surface area (Å²) < 4.78 is 8.28. The second-order valence-corrected chi connectivity index (χ2v) is 11.0. The number of tetrazole rings is 1. The third-order valence-electron chi connectivity index (χ3n) is 6.77. The molecule has 5 heterocycles. The maximum Gasteiger partial charge on any atom is 0.412 e. The summed E-state index contributed by atoms with van der Waals surface area (Å²) in [5, 5.41) is 24.2. The van der Waals surface area contributed by atoms with E-state index < -0.39 is 11.7 Å². The van der Waals surface area contributed by atoms with E-state index in [9.17, 15) is 14.7 Å². The van der Waals surface area contributed by atoms with Gasteiger partial charge in [0, 0.05) is 34.1 Å². The van der Waals surface area contributed by atoms with Gasteiger partial charge in [0.1, 0.15) is 24.6 Å². The first-order valence-corrected chi connectivity index (χ1v) is 13.5. The molecular formula is C28H26ClN9O4. The van der Waals surface area contributed by atoms with Crippen molar-refractivity contribution in [1.29, 1.82) is 0 Å². The van der Waals surface area contributed by atoms with E-state index in [0.717, 1.165) is 28.1 Å². The highest BCUT2D eigenvalue weighted by Gasteiger charge is 2.28. The number of amides is 1. The second kappa shape index (κ2) is 10.8. The van der Waals surface area contributed by atoms with Crippen LogP contribution in [-0.2, 0) is 11.2 Å². The Bertz CT molecular complexity index is 1810. The Hall–Kier alpha value is -4.88. The van der Waals surface area contributed by atoms with Crippen LogP contribution in [-0.4, -0.2) is 63.1 Å². The minimum atomic E-state index is -1.13. The molecule has 0 spiro atoms. The average molecular weight is 588 g/mol. The van der Waals surface area contributed by atoms with Crippen molar-refractivity contribution >= 4 is 23.5 Å². The van der Waals surface area contributed by atoms with Crippen LogP contribution in [0.1, 0.15) is 37.8 Å². The number of H-pyrrole nitrogens is 1. The van der Waals surface area contributed by atoms with E-state index in [2.05, 4.69) is 35.8 Å². The molecule has 1 atom stereocenters. The van der Waals surface area contributed by atoms with Crippen molar-refractivity contribution in [2.24, 2.45) is 0 Å². The van der Waals surface area contributed by atoms with Gasteiger partial charge in [-0.1, -0.05) is 11.6 Å². The number of carbonyl (C=O) groups is 1. The molecule has 42 heavy (non-hydrogen) atoms. The predicted octanol–water partition coefficient (Wildman–Crippen LogP) is 3.78. The van der Waals surface area contributed by atoms with Crippen LogP contribution < -0.4 is 10.9 Å². The highest BCUT2D eigenvalue weighted by molar-refractivity contribution is 6.31. The Morgan fingerprint density at radius 2 is 2.02 bits per heavy atom. The van der Waals surface area contributed by atoms with Gasteiger partial charge in [0.25, 0.3) is 5.56 Å². The fourth-order valence-corrected chi connectivity index (χ4v) is 5.06. The third kappa shape index (κ3) is 5.64. The monoisotopic (exact) mass is 587 g/mol. The maximum atomic E-state index is 13.4. The summed E-state index contributed by atoms with van der Waals surface area (Å²) in [5.74, 6) is 0.961. The fourth-order valence-electron chi connectivity index (χ4n) is 4.88. The van der Waals surface area contributed by atoms with Crippen LogP contribution in [0.25, 0.3) is 28.1 Å². The number of aryl methyl sites for hydroxylation is 1. The van der Waals surface area contributed by atoms with Crippen LogP contribution in [0.2, 0.25) is 5.02 Å². The number of fused-ring (bicyclic) bond motifs is 1. The van der Waals surface area contributed by atoms with E-state index in [1.807, 2.05) is 12.1 Å². The molecule has 0 radical (unpaired) electrons. The summed E-state index contributed by atoms with van der Waals surface area (Å²) in [6.45, 7) is 2.94. The van der Waals surface area contributed by atoms with Gasteiger partial charge >= 0.3 is 6.09 Å². The Balaban J connectivity index is 1.22. The van der Waals surface area contributed by atoms with Gasteiger partial charge in [0.05, 0.1) is 29.2 Å². The zero-order chi connectivity index (χ0) is 29.4. The highest BCUT2D eigenvalue weighted by Crippen LogP contribution is 2.34. The van der Waals surface area contributed by atoms with Crippen molar-refractivity contribution in [2.75, 3.05) is 11.9 Å². The number of carbonyl (C=O) groups excluding carboxylic acids is 1. The van der Waals surface area contributed by atoms with Gasteiger partial charge in [-0.3, -0.25) is 10.1 Å². The van der Waals surface area contributed by atoms with E-state index in [4.69, 9.17) is 16.3 Å². The molecule has 0 aliphatic carbocycles. The minimum absolute atomic E-state index is 0.148. The standard InChI is InChI=1S/C28H26ClN9O4/c1-28(2,41)14-42-27(40)34-24-8-3-16(12-30-24)21-13-31-26(33-21)23-7-5-19-9-17(10-25(39)38(19)23)20-11-18(29)4-6-22(20)37-15-32-35-36-37/h3-4,6,8-13,15,23,41H,5,7,14H2,1-2H3,(H,31,33)(H,30,34,40)/t23-/m0/s1. The number of halogens is 1. The molecule has 0 fully saturated rings. The molecule has 6 rings (SSSR count). The number of aromatic nitrogens is 8. The van der Waals surface area contributed by atoms with Crippen LogP contribution in [0.3, 0.4) is 0 Å². The third-order valence-corrected chi connectivity index (χ3v) is 7.01. The Kier molecular flexibility index (Phi) is 7.04. The molecule has 0 saturated heterocycles. The van der Waals surface area contributed by atoms with Crippen molar-refractivity contribution in [3.8, 4) is 28.1 Å². The van der Waals surface area contributed by atoms with Crippen LogP contribution >= 0.6 is 11.6 Å². The molecule has 3 N–H and O–H groups in total. The molecule has 1 amide bonds. The summed E-state index contributed by atoms with van der Waals surface area (Å²) in [6, 6.07) is 12.1. The van der Waals surface area contributed by atoms with Crippen molar-refractivity contribution in [1.82, 2.24) is 39.7 Å². The quantitative estimate of drug-likeness (QED) is 0.257. The summed E-state index contributed by atoms with van der Waals surface area (Å²) >= 11 is 6.31. The highest BCUT2D eigenvalue weighted by atomic mass is 35.5. The number of imidazole rings is 1. The first-order chi connectivity index (χ1) is 20.1. The van der Waals surface area contributed by atoms with E-state index in [-0.39, 0.29) is 18.2 Å².